The number of allylic oxidation sites excluding steroid dienone is 4. The standard InChI is InChI=1S/C22H28/c1-5-13(3)21-7-15-18-10-22(14(4)6-2)11-19(15)17(9-21)20(12-22)16(18)8-21/h5-6,15-20H,1-4,7-12H2. The van der Waals surface area contributed by atoms with Crippen molar-refractivity contribution in [2.75, 3.05) is 0 Å². The van der Waals surface area contributed by atoms with Gasteiger partial charge in [-0.15, -0.1) is 0 Å². The van der Waals surface area contributed by atoms with Crippen molar-refractivity contribution in [3.8, 4) is 0 Å². The lowest BCUT2D eigenvalue weighted by Gasteiger charge is -2.75. The molecule has 22 heavy (non-hydrogen) atoms. The van der Waals surface area contributed by atoms with Crippen LogP contribution in [-0.4, -0.2) is 0 Å². The summed E-state index contributed by atoms with van der Waals surface area (Å²) in [5.41, 5.74) is 3.56. The van der Waals surface area contributed by atoms with E-state index >= 15 is 0 Å². The maximum Gasteiger partial charge on any atom is -0.00445 e. The van der Waals surface area contributed by atoms with Gasteiger partial charge in [0.25, 0.3) is 0 Å². The molecule has 116 valence electrons. The number of rotatable bonds is 4. The van der Waals surface area contributed by atoms with Crippen LogP contribution in [0.4, 0.5) is 0 Å². The van der Waals surface area contributed by atoms with E-state index in [-0.39, 0.29) is 0 Å². The summed E-state index contributed by atoms with van der Waals surface area (Å²) in [6.45, 7) is 16.9. The van der Waals surface area contributed by atoms with Crippen molar-refractivity contribution in [3.05, 3.63) is 49.6 Å². The molecule has 0 saturated heterocycles. The minimum Gasteiger partial charge on any atom is -0.0988 e. The molecule has 0 heterocycles. The normalized spacial score (nSPS) is 56.2. The van der Waals surface area contributed by atoms with E-state index in [0.29, 0.717) is 10.8 Å². The summed E-state index contributed by atoms with van der Waals surface area (Å²) in [6, 6.07) is 0. The predicted molar refractivity (Wildman–Crippen MR) is 92.2 cm³/mol. The fourth-order valence-corrected chi connectivity index (χ4v) is 8.15. The molecule has 7 rings (SSSR count). The molecule has 8 bridgehead atoms. The zero-order valence-corrected chi connectivity index (χ0v) is 13.7. The van der Waals surface area contributed by atoms with Crippen LogP contribution in [0.25, 0.3) is 0 Å². The van der Waals surface area contributed by atoms with E-state index < -0.39 is 0 Å². The lowest BCUT2D eigenvalue weighted by atomic mass is 9.29. The highest BCUT2D eigenvalue weighted by atomic mass is 14.7. The molecule has 0 nitrogen and oxygen atoms in total. The van der Waals surface area contributed by atoms with Crippen molar-refractivity contribution in [2.24, 2.45) is 46.3 Å². The van der Waals surface area contributed by atoms with E-state index in [1.165, 1.54) is 49.7 Å². The molecule has 0 aromatic carbocycles. The van der Waals surface area contributed by atoms with Gasteiger partial charge in [-0.25, -0.2) is 0 Å². The Morgan fingerprint density at radius 1 is 0.591 bits per heavy atom. The molecule has 0 heteroatoms. The smallest absolute Gasteiger partial charge is 0.00445 e. The Labute approximate surface area is 135 Å². The molecule has 7 fully saturated rings. The highest BCUT2D eigenvalue weighted by molar-refractivity contribution is 5.34. The Kier molecular flexibility index (Phi) is 2.37. The summed E-state index contributed by atoms with van der Waals surface area (Å²) in [6.07, 6.45) is 12.6. The van der Waals surface area contributed by atoms with E-state index in [9.17, 15) is 0 Å². The first-order valence-corrected chi connectivity index (χ1v) is 9.17. The summed E-state index contributed by atoms with van der Waals surface area (Å²) < 4.78 is 0. The van der Waals surface area contributed by atoms with Crippen LogP contribution in [-0.2, 0) is 0 Å². The summed E-state index contributed by atoms with van der Waals surface area (Å²) in [7, 11) is 0. The van der Waals surface area contributed by atoms with Crippen LogP contribution in [0.2, 0.25) is 0 Å². The lowest BCUT2D eigenvalue weighted by molar-refractivity contribution is -0.240. The van der Waals surface area contributed by atoms with Gasteiger partial charge < -0.3 is 0 Å². The third-order valence-corrected chi connectivity index (χ3v) is 8.91. The fraction of sp³-hybridized carbons (Fsp3) is 0.636. The van der Waals surface area contributed by atoms with Crippen molar-refractivity contribution in [1.82, 2.24) is 0 Å². The van der Waals surface area contributed by atoms with Gasteiger partial charge in [0.2, 0.25) is 0 Å². The van der Waals surface area contributed by atoms with Crippen molar-refractivity contribution < 1.29 is 0 Å². The zero-order valence-electron chi connectivity index (χ0n) is 13.7. The van der Waals surface area contributed by atoms with Gasteiger partial charge in [-0.3, -0.25) is 0 Å². The van der Waals surface area contributed by atoms with Crippen molar-refractivity contribution in [2.45, 2.75) is 38.5 Å². The van der Waals surface area contributed by atoms with E-state index in [2.05, 4.69) is 38.5 Å². The highest BCUT2D eigenvalue weighted by Crippen LogP contribution is 2.78. The second-order valence-electron chi connectivity index (χ2n) is 9.23. The molecule has 7 aliphatic rings. The van der Waals surface area contributed by atoms with Crippen LogP contribution in [0.15, 0.2) is 49.6 Å². The minimum absolute atomic E-state index is 0.429. The average Bonchev–Trinajstić information content (AvgIpc) is 2.57. The quantitative estimate of drug-likeness (QED) is 0.596. The van der Waals surface area contributed by atoms with Crippen molar-refractivity contribution in [1.29, 1.82) is 0 Å². The van der Waals surface area contributed by atoms with Crippen molar-refractivity contribution in [3.63, 3.8) is 0 Å². The van der Waals surface area contributed by atoms with Crippen LogP contribution in [0.1, 0.15) is 38.5 Å². The van der Waals surface area contributed by atoms with Gasteiger partial charge in [0.05, 0.1) is 0 Å². The SMILES string of the molecule is C=CC(=C)C12CC3C4CC5(C(=C)C=C)CC3C(C1)C(C5)C4C2. The number of hydrogen-bond acceptors (Lipinski definition) is 0. The van der Waals surface area contributed by atoms with Gasteiger partial charge >= 0.3 is 0 Å². The molecule has 0 N–H and O–H groups in total. The van der Waals surface area contributed by atoms with Crippen molar-refractivity contribution >= 4 is 0 Å². The average molecular weight is 292 g/mol. The second kappa shape index (κ2) is 3.89. The van der Waals surface area contributed by atoms with E-state index in [1.807, 2.05) is 0 Å². The molecule has 0 aromatic heterocycles. The predicted octanol–water partition coefficient (Wildman–Crippen LogP) is 5.55. The van der Waals surface area contributed by atoms with Gasteiger partial charge in [-0.05, 0) is 96.0 Å². The first-order valence-electron chi connectivity index (χ1n) is 9.17. The highest BCUT2D eigenvalue weighted by Gasteiger charge is 2.70. The molecule has 0 atom stereocenters. The van der Waals surface area contributed by atoms with Crippen LogP contribution >= 0.6 is 0 Å². The van der Waals surface area contributed by atoms with Gasteiger partial charge in [-0.1, -0.05) is 38.5 Å². The topological polar surface area (TPSA) is 0 Å². The van der Waals surface area contributed by atoms with E-state index in [0.717, 1.165) is 35.5 Å². The van der Waals surface area contributed by atoms with Crippen LogP contribution in [0, 0.1) is 46.3 Å². The van der Waals surface area contributed by atoms with Crippen LogP contribution < -0.4 is 0 Å². The first kappa shape index (κ1) is 13.4. The second-order valence-corrected chi connectivity index (χ2v) is 9.23. The van der Waals surface area contributed by atoms with Crippen LogP contribution in [0.5, 0.6) is 0 Å². The Balaban J connectivity index is 1.57. The monoisotopic (exact) mass is 292 g/mol. The van der Waals surface area contributed by atoms with E-state index in [4.69, 9.17) is 0 Å². The molecule has 7 saturated carbocycles. The molecule has 0 radical (unpaired) electrons. The Morgan fingerprint density at radius 2 is 0.818 bits per heavy atom. The molecule has 0 amide bonds. The summed E-state index contributed by atoms with van der Waals surface area (Å²) in [4.78, 5) is 0. The molecule has 0 aromatic rings. The van der Waals surface area contributed by atoms with E-state index in [1.54, 1.807) is 0 Å². The van der Waals surface area contributed by atoms with Gasteiger partial charge in [0.15, 0.2) is 0 Å². The molecule has 0 unspecified atom stereocenters. The third-order valence-electron chi connectivity index (χ3n) is 8.91. The third kappa shape index (κ3) is 1.29. The Hall–Kier alpha value is -1.04. The summed E-state index contributed by atoms with van der Waals surface area (Å²) in [5.74, 6) is 5.81. The number of hydrogen-bond donors (Lipinski definition) is 0. The largest absolute Gasteiger partial charge is 0.0988 e. The maximum atomic E-state index is 4.40. The minimum atomic E-state index is 0.429. The Bertz CT molecular complexity index is 486. The van der Waals surface area contributed by atoms with Gasteiger partial charge in [0, 0.05) is 0 Å². The molecule has 7 aliphatic carbocycles. The summed E-state index contributed by atoms with van der Waals surface area (Å²) in [5, 5.41) is 0. The Morgan fingerprint density at radius 3 is 1.00 bits per heavy atom. The van der Waals surface area contributed by atoms with Gasteiger partial charge in [-0.2, -0.15) is 0 Å². The molecular weight excluding hydrogens is 264 g/mol. The first-order chi connectivity index (χ1) is 10.5. The van der Waals surface area contributed by atoms with Gasteiger partial charge in [0.1, 0.15) is 0 Å². The summed E-state index contributed by atoms with van der Waals surface area (Å²) >= 11 is 0. The molecule has 0 aliphatic heterocycles. The molecular formula is C22H28. The maximum absolute atomic E-state index is 4.40. The zero-order chi connectivity index (χ0) is 15.3. The lowest BCUT2D eigenvalue weighted by Crippen LogP contribution is -2.67. The van der Waals surface area contributed by atoms with Crippen LogP contribution in [0.3, 0.4) is 0 Å². The molecule has 0 spiro atoms. The fourth-order valence-electron chi connectivity index (χ4n) is 8.15.